The topological polar surface area (TPSA) is 55.8 Å². The number of ether oxygens (including phenoxy) is 2. The highest BCUT2D eigenvalue weighted by molar-refractivity contribution is 6.00. The number of rotatable bonds is 6. The molecule has 0 unspecified atom stereocenters. The fraction of sp³-hybridized carbons (Fsp3) is 0.333. The van der Waals surface area contributed by atoms with Crippen molar-refractivity contribution in [2.75, 3.05) is 19.8 Å². The highest BCUT2D eigenvalue weighted by atomic mass is 16.5. The Labute approximate surface area is 153 Å². The predicted octanol–water partition coefficient (Wildman–Crippen LogP) is 3.46. The molecule has 5 heteroatoms. The molecular formula is C21H23NO4. The van der Waals surface area contributed by atoms with Gasteiger partial charge in [-0.3, -0.25) is 4.79 Å². The molecule has 5 nitrogen and oxygen atoms in total. The van der Waals surface area contributed by atoms with Gasteiger partial charge in [-0.05, 0) is 43.5 Å². The van der Waals surface area contributed by atoms with Gasteiger partial charge in [0.15, 0.2) is 0 Å². The molecule has 0 N–H and O–H groups in total. The molecule has 1 aliphatic heterocycles. The van der Waals surface area contributed by atoms with E-state index in [2.05, 4.69) is 0 Å². The molecule has 0 saturated carbocycles. The average Bonchev–Trinajstić information content (AvgIpc) is 2.65. The lowest BCUT2D eigenvalue weighted by molar-refractivity contribution is 0.0520. The summed E-state index contributed by atoms with van der Waals surface area (Å²) in [7, 11) is 0. The first-order valence-corrected chi connectivity index (χ1v) is 8.94. The van der Waals surface area contributed by atoms with Crippen molar-refractivity contribution in [3.63, 3.8) is 0 Å². The first-order valence-electron chi connectivity index (χ1n) is 8.94. The van der Waals surface area contributed by atoms with Crippen LogP contribution >= 0.6 is 0 Å². The Morgan fingerprint density at radius 1 is 1.12 bits per heavy atom. The Hall–Kier alpha value is -2.82. The van der Waals surface area contributed by atoms with Gasteiger partial charge < -0.3 is 14.4 Å². The van der Waals surface area contributed by atoms with E-state index in [1.165, 1.54) is 0 Å². The highest BCUT2D eigenvalue weighted by Crippen LogP contribution is 2.29. The van der Waals surface area contributed by atoms with E-state index >= 15 is 0 Å². The average molecular weight is 353 g/mol. The van der Waals surface area contributed by atoms with Crippen LogP contribution in [0, 0.1) is 0 Å². The van der Waals surface area contributed by atoms with Crippen LogP contribution in [0.15, 0.2) is 42.5 Å². The molecule has 0 saturated heterocycles. The van der Waals surface area contributed by atoms with Crippen molar-refractivity contribution in [1.82, 2.24) is 4.90 Å². The zero-order valence-electron chi connectivity index (χ0n) is 15.2. The van der Waals surface area contributed by atoms with Gasteiger partial charge in [-0.1, -0.05) is 30.3 Å². The molecule has 3 rings (SSSR count). The SMILES string of the molecule is CCOC(=O)c1cc2c(cc1OCC)C(=O)N(Cc1ccccc1)CC2. The van der Waals surface area contributed by atoms with Crippen LogP contribution in [0.1, 0.15) is 45.7 Å². The third-order valence-electron chi connectivity index (χ3n) is 4.39. The van der Waals surface area contributed by atoms with Gasteiger partial charge in [0.2, 0.25) is 0 Å². The van der Waals surface area contributed by atoms with E-state index in [0.29, 0.717) is 49.6 Å². The first kappa shape index (κ1) is 18.0. The van der Waals surface area contributed by atoms with E-state index < -0.39 is 5.97 Å². The Morgan fingerprint density at radius 2 is 1.88 bits per heavy atom. The second kappa shape index (κ2) is 8.04. The zero-order valence-corrected chi connectivity index (χ0v) is 15.2. The largest absolute Gasteiger partial charge is 0.493 e. The fourth-order valence-corrected chi connectivity index (χ4v) is 3.16. The number of esters is 1. The molecule has 0 radical (unpaired) electrons. The van der Waals surface area contributed by atoms with Crippen molar-refractivity contribution in [3.05, 3.63) is 64.7 Å². The van der Waals surface area contributed by atoms with Crippen molar-refractivity contribution < 1.29 is 19.1 Å². The minimum Gasteiger partial charge on any atom is -0.493 e. The molecular weight excluding hydrogens is 330 g/mol. The van der Waals surface area contributed by atoms with Gasteiger partial charge in [-0.15, -0.1) is 0 Å². The van der Waals surface area contributed by atoms with Crippen LogP contribution in [0.5, 0.6) is 5.75 Å². The monoisotopic (exact) mass is 353 g/mol. The number of amides is 1. The maximum atomic E-state index is 12.9. The summed E-state index contributed by atoms with van der Waals surface area (Å²) < 4.78 is 10.7. The normalized spacial score (nSPS) is 13.3. The predicted molar refractivity (Wildman–Crippen MR) is 98.5 cm³/mol. The Kier molecular flexibility index (Phi) is 5.56. The van der Waals surface area contributed by atoms with E-state index in [4.69, 9.17) is 9.47 Å². The lowest BCUT2D eigenvalue weighted by Gasteiger charge is -2.29. The second-order valence-electron chi connectivity index (χ2n) is 6.12. The molecule has 26 heavy (non-hydrogen) atoms. The number of hydrogen-bond donors (Lipinski definition) is 0. The lowest BCUT2D eigenvalue weighted by atomic mass is 9.95. The Balaban J connectivity index is 1.90. The molecule has 1 heterocycles. The van der Waals surface area contributed by atoms with Crippen molar-refractivity contribution in [2.24, 2.45) is 0 Å². The standard InChI is InChI=1S/C21H23NO4/c1-3-25-19-13-17-16(12-18(19)21(24)26-4-2)10-11-22(20(17)23)14-15-8-6-5-7-9-15/h5-9,12-13H,3-4,10-11,14H2,1-2H3. The number of carbonyl (C=O) groups is 2. The molecule has 0 bridgehead atoms. The molecule has 1 amide bonds. The highest BCUT2D eigenvalue weighted by Gasteiger charge is 2.28. The molecule has 2 aromatic rings. The quantitative estimate of drug-likeness (QED) is 0.746. The van der Waals surface area contributed by atoms with Gasteiger partial charge in [-0.25, -0.2) is 4.79 Å². The van der Waals surface area contributed by atoms with Crippen molar-refractivity contribution >= 4 is 11.9 Å². The number of benzene rings is 2. The summed E-state index contributed by atoms with van der Waals surface area (Å²) in [4.78, 5) is 27.0. The number of hydrogen-bond acceptors (Lipinski definition) is 4. The van der Waals surface area contributed by atoms with Crippen LogP contribution in [-0.4, -0.2) is 36.5 Å². The minimum absolute atomic E-state index is 0.0357. The van der Waals surface area contributed by atoms with Crippen LogP contribution in [-0.2, 0) is 17.7 Å². The Morgan fingerprint density at radius 3 is 2.58 bits per heavy atom. The third kappa shape index (κ3) is 3.72. The van der Waals surface area contributed by atoms with Crippen molar-refractivity contribution in [3.8, 4) is 5.75 Å². The number of fused-ring (bicyclic) bond motifs is 1. The van der Waals surface area contributed by atoms with E-state index in [0.717, 1.165) is 11.1 Å². The summed E-state index contributed by atoms with van der Waals surface area (Å²) >= 11 is 0. The number of nitrogens with zero attached hydrogens (tertiary/aromatic N) is 1. The van der Waals surface area contributed by atoms with Crippen molar-refractivity contribution in [1.29, 1.82) is 0 Å². The zero-order chi connectivity index (χ0) is 18.5. The van der Waals surface area contributed by atoms with E-state index in [-0.39, 0.29) is 5.91 Å². The molecule has 136 valence electrons. The maximum absolute atomic E-state index is 12.9. The first-order chi connectivity index (χ1) is 12.6. The van der Waals surface area contributed by atoms with Crippen LogP contribution in [0.2, 0.25) is 0 Å². The summed E-state index contributed by atoms with van der Waals surface area (Å²) in [5.74, 6) is -0.0519. The van der Waals surface area contributed by atoms with E-state index in [1.807, 2.05) is 42.2 Å². The van der Waals surface area contributed by atoms with Crippen LogP contribution in [0.3, 0.4) is 0 Å². The van der Waals surface area contributed by atoms with Gasteiger partial charge >= 0.3 is 5.97 Å². The fourth-order valence-electron chi connectivity index (χ4n) is 3.16. The summed E-state index contributed by atoms with van der Waals surface area (Å²) in [5.41, 5.74) is 2.95. The van der Waals surface area contributed by atoms with Crippen molar-refractivity contribution in [2.45, 2.75) is 26.8 Å². The van der Waals surface area contributed by atoms with Gasteiger partial charge in [0, 0.05) is 18.7 Å². The van der Waals surface area contributed by atoms with Crippen LogP contribution in [0.25, 0.3) is 0 Å². The molecule has 0 aromatic heterocycles. The molecule has 0 spiro atoms. The summed E-state index contributed by atoms with van der Waals surface area (Å²) in [6.07, 6.45) is 0.701. The van der Waals surface area contributed by atoms with Gasteiger partial charge in [-0.2, -0.15) is 0 Å². The smallest absolute Gasteiger partial charge is 0.341 e. The number of carbonyl (C=O) groups excluding carboxylic acids is 2. The van der Waals surface area contributed by atoms with E-state index in [9.17, 15) is 9.59 Å². The molecule has 0 fully saturated rings. The minimum atomic E-state index is -0.419. The summed E-state index contributed by atoms with van der Waals surface area (Å²) in [6, 6.07) is 13.4. The lowest BCUT2D eigenvalue weighted by Crippen LogP contribution is -2.37. The summed E-state index contributed by atoms with van der Waals surface area (Å²) in [5, 5.41) is 0. The molecule has 0 aliphatic carbocycles. The summed E-state index contributed by atoms with van der Waals surface area (Å²) in [6.45, 7) is 5.51. The third-order valence-corrected chi connectivity index (χ3v) is 4.39. The van der Waals surface area contributed by atoms with Gasteiger partial charge in [0.25, 0.3) is 5.91 Å². The molecule has 0 atom stereocenters. The van der Waals surface area contributed by atoms with Gasteiger partial charge in [0.05, 0.1) is 13.2 Å². The molecule has 1 aliphatic rings. The Bertz CT molecular complexity index is 801. The second-order valence-corrected chi connectivity index (χ2v) is 6.12. The maximum Gasteiger partial charge on any atom is 0.341 e. The molecule has 2 aromatic carbocycles. The van der Waals surface area contributed by atoms with Gasteiger partial charge in [0.1, 0.15) is 11.3 Å². The van der Waals surface area contributed by atoms with Crippen LogP contribution in [0.4, 0.5) is 0 Å². The van der Waals surface area contributed by atoms with E-state index in [1.54, 1.807) is 19.1 Å². The van der Waals surface area contributed by atoms with Crippen LogP contribution < -0.4 is 4.74 Å².